The van der Waals surface area contributed by atoms with Crippen molar-refractivity contribution in [2.45, 2.75) is 33.0 Å². The van der Waals surface area contributed by atoms with Crippen LogP contribution in [-0.2, 0) is 9.47 Å². The summed E-state index contributed by atoms with van der Waals surface area (Å²) in [4.78, 5) is 0. The maximum Gasteiger partial charge on any atom is 0.160 e. The Hall–Kier alpha value is -0.0800. The van der Waals surface area contributed by atoms with E-state index in [1.165, 1.54) is 12.8 Å². The standard InChI is InChI=1S/C12H20O2/c1-7-8(2)10-5-9(7)6-11(10)12-13-3-4-14-12/h7-12H,3-6H2,1-2H3. The van der Waals surface area contributed by atoms with E-state index in [-0.39, 0.29) is 6.29 Å². The first-order chi connectivity index (χ1) is 6.77. The summed E-state index contributed by atoms with van der Waals surface area (Å²) in [5.41, 5.74) is 0. The Morgan fingerprint density at radius 1 is 0.857 bits per heavy atom. The minimum Gasteiger partial charge on any atom is -0.350 e. The zero-order chi connectivity index (χ0) is 9.71. The molecule has 1 heterocycles. The van der Waals surface area contributed by atoms with Crippen LogP contribution in [0.25, 0.3) is 0 Å². The van der Waals surface area contributed by atoms with Crippen LogP contribution in [0.15, 0.2) is 0 Å². The fourth-order valence-electron chi connectivity index (χ4n) is 3.93. The summed E-state index contributed by atoms with van der Waals surface area (Å²) in [7, 11) is 0. The summed E-state index contributed by atoms with van der Waals surface area (Å²) in [5.74, 6) is 4.34. The molecule has 0 aromatic heterocycles. The largest absolute Gasteiger partial charge is 0.350 e. The van der Waals surface area contributed by atoms with Gasteiger partial charge in [-0.25, -0.2) is 0 Å². The Morgan fingerprint density at radius 2 is 1.50 bits per heavy atom. The average Bonchev–Trinajstić information content (AvgIpc) is 2.85. The summed E-state index contributed by atoms with van der Waals surface area (Å²) in [5, 5.41) is 0. The summed E-state index contributed by atoms with van der Waals surface area (Å²) in [6.45, 7) is 6.45. The smallest absolute Gasteiger partial charge is 0.160 e. The van der Waals surface area contributed by atoms with Gasteiger partial charge in [-0.1, -0.05) is 13.8 Å². The topological polar surface area (TPSA) is 18.5 Å². The quantitative estimate of drug-likeness (QED) is 0.640. The van der Waals surface area contributed by atoms with Crippen molar-refractivity contribution in [1.82, 2.24) is 0 Å². The molecule has 3 rings (SSSR count). The number of hydrogen-bond acceptors (Lipinski definition) is 2. The van der Waals surface area contributed by atoms with Gasteiger partial charge in [0.1, 0.15) is 0 Å². The van der Waals surface area contributed by atoms with E-state index in [0.29, 0.717) is 5.92 Å². The van der Waals surface area contributed by atoms with Crippen molar-refractivity contribution in [2.75, 3.05) is 13.2 Å². The zero-order valence-electron chi connectivity index (χ0n) is 9.11. The molecule has 5 unspecified atom stereocenters. The molecule has 0 aromatic carbocycles. The van der Waals surface area contributed by atoms with Crippen LogP contribution >= 0.6 is 0 Å². The highest BCUT2D eigenvalue weighted by Crippen LogP contribution is 2.56. The van der Waals surface area contributed by atoms with Crippen molar-refractivity contribution in [3.05, 3.63) is 0 Å². The van der Waals surface area contributed by atoms with Crippen molar-refractivity contribution in [2.24, 2.45) is 29.6 Å². The molecule has 3 fully saturated rings. The Balaban J connectivity index is 1.73. The molecule has 2 bridgehead atoms. The molecule has 80 valence electrons. The third kappa shape index (κ3) is 1.17. The van der Waals surface area contributed by atoms with Crippen LogP contribution < -0.4 is 0 Å². The Bertz CT molecular complexity index is 220. The lowest BCUT2D eigenvalue weighted by Crippen LogP contribution is -2.33. The molecule has 14 heavy (non-hydrogen) atoms. The predicted octanol–water partition coefficient (Wildman–Crippen LogP) is 2.29. The van der Waals surface area contributed by atoms with Gasteiger partial charge in [0.05, 0.1) is 13.2 Å². The second-order valence-electron chi connectivity index (χ2n) is 5.39. The summed E-state index contributed by atoms with van der Waals surface area (Å²) in [6.07, 6.45) is 2.91. The van der Waals surface area contributed by atoms with Crippen LogP contribution in [-0.4, -0.2) is 19.5 Å². The molecule has 0 aromatic rings. The van der Waals surface area contributed by atoms with E-state index in [4.69, 9.17) is 9.47 Å². The van der Waals surface area contributed by atoms with Crippen LogP contribution in [0.2, 0.25) is 0 Å². The van der Waals surface area contributed by atoms with Crippen molar-refractivity contribution in [1.29, 1.82) is 0 Å². The van der Waals surface area contributed by atoms with Crippen LogP contribution in [0.3, 0.4) is 0 Å². The summed E-state index contributed by atoms with van der Waals surface area (Å²) in [6, 6.07) is 0. The lowest BCUT2D eigenvalue weighted by molar-refractivity contribution is -0.107. The molecule has 0 spiro atoms. The van der Waals surface area contributed by atoms with Gasteiger partial charge in [0.2, 0.25) is 0 Å². The minimum atomic E-state index is 0.139. The summed E-state index contributed by atoms with van der Waals surface area (Å²) < 4.78 is 11.3. The SMILES string of the molecule is CC1C2CC(C3OCCO3)C(C2)C1C. The monoisotopic (exact) mass is 196 g/mol. The zero-order valence-corrected chi connectivity index (χ0v) is 9.11. The lowest BCUT2D eigenvalue weighted by Gasteiger charge is -2.33. The van der Waals surface area contributed by atoms with E-state index in [1.54, 1.807) is 0 Å². The molecular formula is C12H20O2. The van der Waals surface area contributed by atoms with E-state index >= 15 is 0 Å². The molecule has 3 aliphatic rings. The van der Waals surface area contributed by atoms with E-state index in [0.717, 1.165) is 36.9 Å². The average molecular weight is 196 g/mol. The van der Waals surface area contributed by atoms with Crippen LogP contribution in [0.1, 0.15) is 26.7 Å². The minimum absolute atomic E-state index is 0.139. The van der Waals surface area contributed by atoms with E-state index in [2.05, 4.69) is 13.8 Å². The first-order valence-corrected chi connectivity index (χ1v) is 6.00. The lowest BCUT2D eigenvalue weighted by atomic mass is 9.75. The van der Waals surface area contributed by atoms with Gasteiger partial charge in [0, 0.05) is 5.92 Å². The molecule has 1 aliphatic heterocycles. The summed E-state index contributed by atoms with van der Waals surface area (Å²) >= 11 is 0. The van der Waals surface area contributed by atoms with Gasteiger partial charge in [-0.15, -0.1) is 0 Å². The highest BCUT2D eigenvalue weighted by molar-refractivity contribution is 4.98. The molecular weight excluding hydrogens is 176 g/mol. The van der Waals surface area contributed by atoms with Crippen molar-refractivity contribution in [3.8, 4) is 0 Å². The molecule has 2 aliphatic carbocycles. The van der Waals surface area contributed by atoms with Crippen molar-refractivity contribution >= 4 is 0 Å². The molecule has 1 saturated heterocycles. The van der Waals surface area contributed by atoms with Gasteiger partial charge in [0.25, 0.3) is 0 Å². The van der Waals surface area contributed by atoms with Gasteiger partial charge in [0.15, 0.2) is 6.29 Å². The van der Waals surface area contributed by atoms with Gasteiger partial charge in [-0.3, -0.25) is 0 Å². The molecule has 2 heteroatoms. The highest BCUT2D eigenvalue weighted by Gasteiger charge is 2.52. The second-order valence-corrected chi connectivity index (χ2v) is 5.39. The third-order valence-electron chi connectivity index (χ3n) is 4.95. The molecule has 0 radical (unpaired) electrons. The Labute approximate surface area is 86.0 Å². The van der Waals surface area contributed by atoms with Gasteiger partial charge in [-0.2, -0.15) is 0 Å². The maximum absolute atomic E-state index is 5.65. The highest BCUT2D eigenvalue weighted by atomic mass is 16.7. The van der Waals surface area contributed by atoms with Gasteiger partial charge < -0.3 is 9.47 Å². The second kappa shape index (κ2) is 3.21. The number of hydrogen-bond donors (Lipinski definition) is 0. The molecule has 0 N–H and O–H groups in total. The van der Waals surface area contributed by atoms with Crippen molar-refractivity contribution < 1.29 is 9.47 Å². The van der Waals surface area contributed by atoms with Crippen molar-refractivity contribution in [3.63, 3.8) is 0 Å². The number of fused-ring (bicyclic) bond motifs is 2. The first kappa shape index (κ1) is 9.17. The van der Waals surface area contributed by atoms with Crippen LogP contribution in [0.5, 0.6) is 0 Å². The van der Waals surface area contributed by atoms with E-state index in [9.17, 15) is 0 Å². The molecule has 2 saturated carbocycles. The van der Waals surface area contributed by atoms with E-state index in [1.807, 2.05) is 0 Å². The Morgan fingerprint density at radius 3 is 2.07 bits per heavy atom. The predicted molar refractivity (Wildman–Crippen MR) is 53.7 cm³/mol. The van der Waals surface area contributed by atoms with Gasteiger partial charge in [-0.05, 0) is 36.5 Å². The number of ether oxygens (including phenoxy) is 2. The van der Waals surface area contributed by atoms with E-state index < -0.39 is 0 Å². The van der Waals surface area contributed by atoms with Crippen LogP contribution in [0.4, 0.5) is 0 Å². The van der Waals surface area contributed by atoms with Gasteiger partial charge >= 0.3 is 0 Å². The number of rotatable bonds is 1. The molecule has 0 amide bonds. The normalized spacial score (nSPS) is 53.1. The third-order valence-corrected chi connectivity index (χ3v) is 4.95. The first-order valence-electron chi connectivity index (χ1n) is 6.00. The molecule has 5 atom stereocenters. The Kier molecular flexibility index (Phi) is 2.10. The van der Waals surface area contributed by atoms with Crippen LogP contribution in [0, 0.1) is 29.6 Å². The maximum atomic E-state index is 5.65. The fraction of sp³-hybridized carbons (Fsp3) is 1.00. The fourth-order valence-corrected chi connectivity index (χ4v) is 3.93. The molecule has 2 nitrogen and oxygen atoms in total.